The molecule has 3 rings (SSSR count). The Balaban J connectivity index is 1.62. The molecule has 0 atom stereocenters. The van der Waals surface area contributed by atoms with Gasteiger partial charge in [0.2, 0.25) is 5.91 Å². The highest BCUT2D eigenvalue weighted by Crippen LogP contribution is 2.19. The second kappa shape index (κ2) is 6.91. The van der Waals surface area contributed by atoms with Crippen LogP contribution in [0.4, 0.5) is 0 Å². The highest BCUT2D eigenvalue weighted by atomic mass is 16.5. The Morgan fingerprint density at radius 3 is 3.00 bits per heavy atom. The van der Waals surface area contributed by atoms with Crippen molar-refractivity contribution in [2.75, 3.05) is 13.7 Å². The standard InChI is InChI=1S/C17H16N2O5/c1-22-13-3-4-14-15(10-13)24-17(21)19(14)8-7-18-16(20)5-2-12-6-9-23-11-12/h2-6,9-11H,7-8H2,1H3,(H,18,20)/b5-2+. The van der Waals surface area contributed by atoms with E-state index in [2.05, 4.69) is 5.32 Å². The molecule has 1 amide bonds. The number of oxazole rings is 1. The number of carbonyl (C=O) groups excluding carboxylic acids is 1. The van der Waals surface area contributed by atoms with Crippen molar-refractivity contribution in [3.8, 4) is 5.75 Å². The average Bonchev–Trinajstić information content (AvgIpc) is 3.20. The topological polar surface area (TPSA) is 86.6 Å². The molecule has 124 valence electrons. The predicted molar refractivity (Wildman–Crippen MR) is 87.8 cm³/mol. The first-order valence-corrected chi connectivity index (χ1v) is 7.33. The van der Waals surface area contributed by atoms with E-state index in [0.29, 0.717) is 29.9 Å². The molecule has 0 spiro atoms. The summed E-state index contributed by atoms with van der Waals surface area (Å²) in [5.74, 6) is -0.110. The van der Waals surface area contributed by atoms with Crippen LogP contribution in [0.15, 0.2) is 56.5 Å². The number of hydrogen-bond donors (Lipinski definition) is 1. The number of aromatic nitrogens is 1. The van der Waals surface area contributed by atoms with E-state index < -0.39 is 5.76 Å². The fourth-order valence-electron chi connectivity index (χ4n) is 2.28. The fourth-order valence-corrected chi connectivity index (χ4v) is 2.28. The van der Waals surface area contributed by atoms with Crippen molar-refractivity contribution < 1.29 is 18.4 Å². The first kappa shape index (κ1) is 15.7. The lowest BCUT2D eigenvalue weighted by molar-refractivity contribution is -0.116. The molecule has 0 bridgehead atoms. The molecule has 0 saturated heterocycles. The monoisotopic (exact) mass is 328 g/mol. The lowest BCUT2D eigenvalue weighted by atomic mass is 10.3. The molecule has 7 heteroatoms. The van der Waals surface area contributed by atoms with Gasteiger partial charge in [-0.15, -0.1) is 0 Å². The lowest BCUT2D eigenvalue weighted by Gasteiger charge is -2.04. The largest absolute Gasteiger partial charge is 0.497 e. The summed E-state index contributed by atoms with van der Waals surface area (Å²) in [4.78, 5) is 23.7. The number of methoxy groups -OCH3 is 1. The van der Waals surface area contributed by atoms with Crippen LogP contribution >= 0.6 is 0 Å². The maximum Gasteiger partial charge on any atom is 0.420 e. The molecular formula is C17H16N2O5. The van der Waals surface area contributed by atoms with E-state index in [9.17, 15) is 9.59 Å². The van der Waals surface area contributed by atoms with Crippen molar-refractivity contribution in [3.05, 3.63) is 59.0 Å². The number of ether oxygens (including phenoxy) is 1. The molecule has 0 aliphatic carbocycles. The molecular weight excluding hydrogens is 312 g/mol. The van der Waals surface area contributed by atoms with Gasteiger partial charge >= 0.3 is 5.76 Å². The summed E-state index contributed by atoms with van der Waals surface area (Å²) < 4.78 is 16.7. The zero-order valence-corrected chi connectivity index (χ0v) is 13.0. The smallest absolute Gasteiger partial charge is 0.420 e. The highest BCUT2D eigenvalue weighted by molar-refractivity contribution is 5.91. The number of rotatable bonds is 6. The van der Waals surface area contributed by atoms with E-state index in [1.54, 1.807) is 37.5 Å². The third-order valence-electron chi connectivity index (χ3n) is 3.48. The Morgan fingerprint density at radius 1 is 1.38 bits per heavy atom. The number of hydrogen-bond acceptors (Lipinski definition) is 5. The molecule has 0 fully saturated rings. The van der Waals surface area contributed by atoms with Crippen LogP contribution < -0.4 is 15.8 Å². The van der Waals surface area contributed by atoms with E-state index in [0.717, 1.165) is 5.56 Å². The molecule has 1 aromatic carbocycles. The second-order valence-corrected chi connectivity index (χ2v) is 5.03. The summed E-state index contributed by atoms with van der Waals surface area (Å²) in [5, 5.41) is 2.72. The Morgan fingerprint density at radius 2 is 2.25 bits per heavy atom. The normalized spacial score (nSPS) is 11.2. The number of nitrogens with one attached hydrogen (secondary N) is 1. The number of benzene rings is 1. The zero-order valence-electron chi connectivity index (χ0n) is 13.0. The maximum atomic E-state index is 11.9. The Hall–Kier alpha value is -3.22. The summed E-state index contributed by atoms with van der Waals surface area (Å²) in [7, 11) is 1.54. The molecule has 7 nitrogen and oxygen atoms in total. The van der Waals surface area contributed by atoms with Crippen molar-refractivity contribution >= 4 is 23.1 Å². The van der Waals surface area contributed by atoms with Gasteiger partial charge in [-0.05, 0) is 24.3 Å². The molecule has 0 unspecified atom stereocenters. The van der Waals surface area contributed by atoms with Crippen molar-refractivity contribution in [2.45, 2.75) is 6.54 Å². The van der Waals surface area contributed by atoms with Crippen LogP contribution in [0, 0.1) is 0 Å². The van der Waals surface area contributed by atoms with Crippen LogP contribution in [-0.4, -0.2) is 24.1 Å². The van der Waals surface area contributed by atoms with E-state index in [1.807, 2.05) is 0 Å². The molecule has 0 saturated carbocycles. The third-order valence-corrected chi connectivity index (χ3v) is 3.48. The summed E-state index contributed by atoms with van der Waals surface area (Å²) in [6.07, 6.45) is 6.12. The minimum Gasteiger partial charge on any atom is -0.497 e. The fraction of sp³-hybridized carbons (Fsp3) is 0.176. The first-order chi connectivity index (χ1) is 11.7. The zero-order chi connectivity index (χ0) is 16.9. The Kier molecular flexibility index (Phi) is 4.51. The SMILES string of the molecule is COc1ccc2c(c1)oc(=O)n2CCNC(=O)/C=C/c1ccoc1. The van der Waals surface area contributed by atoms with Gasteiger partial charge in [0, 0.05) is 30.8 Å². The molecule has 0 aliphatic heterocycles. The third kappa shape index (κ3) is 3.40. The van der Waals surface area contributed by atoms with Gasteiger partial charge in [-0.3, -0.25) is 9.36 Å². The predicted octanol–water partition coefficient (Wildman–Crippen LogP) is 2.03. The van der Waals surface area contributed by atoms with Crippen LogP contribution in [0.5, 0.6) is 5.75 Å². The van der Waals surface area contributed by atoms with Crippen LogP contribution in [-0.2, 0) is 11.3 Å². The Labute approximate surface area is 137 Å². The summed E-state index contributed by atoms with van der Waals surface area (Å²) in [6, 6.07) is 6.90. The minimum absolute atomic E-state index is 0.251. The van der Waals surface area contributed by atoms with Crippen molar-refractivity contribution in [2.24, 2.45) is 0 Å². The molecule has 0 aliphatic rings. The van der Waals surface area contributed by atoms with E-state index in [4.69, 9.17) is 13.6 Å². The Bertz CT molecular complexity index is 918. The van der Waals surface area contributed by atoms with Crippen LogP contribution in [0.25, 0.3) is 17.2 Å². The quantitative estimate of drug-likeness (QED) is 0.700. The molecule has 24 heavy (non-hydrogen) atoms. The molecule has 3 aromatic rings. The van der Waals surface area contributed by atoms with Crippen molar-refractivity contribution in [1.29, 1.82) is 0 Å². The second-order valence-electron chi connectivity index (χ2n) is 5.03. The average molecular weight is 328 g/mol. The highest BCUT2D eigenvalue weighted by Gasteiger charge is 2.10. The van der Waals surface area contributed by atoms with Gasteiger partial charge in [0.15, 0.2) is 5.58 Å². The number of nitrogens with zero attached hydrogens (tertiary/aromatic N) is 1. The van der Waals surface area contributed by atoms with Gasteiger partial charge in [0.05, 0.1) is 25.2 Å². The molecule has 2 aromatic heterocycles. The van der Waals surface area contributed by atoms with E-state index >= 15 is 0 Å². The van der Waals surface area contributed by atoms with Gasteiger partial charge in [-0.25, -0.2) is 4.79 Å². The molecule has 0 radical (unpaired) electrons. The van der Waals surface area contributed by atoms with Crippen LogP contribution in [0.3, 0.4) is 0 Å². The van der Waals surface area contributed by atoms with Gasteiger partial charge in [-0.2, -0.15) is 0 Å². The van der Waals surface area contributed by atoms with Gasteiger partial charge in [0.25, 0.3) is 0 Å². The van der Waals surface area contributed by atoms with Crippen LogP contribution in [0.1, 0.15) is 5.56 Å². The lowest BCUT2D eigenvalue weighted by Crippen LogP contribution is -2.28. The van der Waals surface area contributed by atoms with Gasteiger partial charge in [0.1, 0.15) is 5.75 Å². The summed E-state index contributed by atoms with van der Waals surface area (Å²) in [6.45, 7) is 0.610. The molecule has 2 heterocycles. The summed E-state index contributed by atoms with van der Waals surface area (Å²) in [5.41, 5.74) is 1.91. The number of carbonyl (C=O) groups is 1. The number of fused-ring (bicyclic) bond motifs is 1. The van der Waals surface area contributed by atoms with Gasteiger partial charge < -0.3 is 18.9 Å². The van der Waals surface area contributed by atoms with E-state index in [-0.39, 0.29) is 5.91 Å². The van der Waals surface area contributed by atoms with Crippen molar-refractivity contribution in [1.82, 2.24) is 9.88 Å². The summed E-state index contributed by atoms with van der Waals surface area (Å²) >= 11 is 0. The van der Waals surface area contributed by atoms with E-state index in [1.165, 1.54) is 23.2 Å². The first-order valence-electron chi connectivity index (χ1n) is 7.33. The van der Waals surface area contributed by atoms with Crippen LogP contribution in [0.2, 0.25) is 0 Å². The maximum absolute atomic E-state index is 11.9. The van der Waals surface area contributed by atoms with Crippen molar-refractivity contribution in [3.63, 3.8) is 0 Å². The molecule has 1 N–H and O–H groups in total. The number of furan rings is 1. The minimum atomic E-state index is -0.471. The number of amides is 1. The van der Waals surface area contributed by atoms with Gasteiger partial charge in [-0.1, -0.05) is 0 Å².